The molecule has 1 aromatic carbocycles. The fourth-order valence-electron chi connectivity index (χ4n) is 2.24. The second-order valence-electron chi connectivity index (χ2n) is 4.89. The molecule has 0 unspecified atom stereocenters. The van der Waals surface area contributed by atoms with Crippen LogP contribution in [-0.2, 0) is 9.59 Å². The Morgan fingerprint density at radius 1 is 1.38 bits per heavy atom. The molecule has 0 atom stereocenters. The molecule has 0 N–H and O–H groups in total. The summed E-state index contributed by atoms with van der Waals surface area (Å²) in [5.74, 6) is -0.289. The lowest BCUT2D eigenvalue weighted by molar-refractivity contribution is -0.305. The van der Waals surface area contributed by atoms with Gasteiger partial charge in [0, 0.05) is 18.1 Å². The molecule has 1 aliphatic heterocycles. The molecule has 0 aliphatic carbocycles. The maximum absolute atomic E-state index is 12.5. The third-order valence-corrected chi connectivity index (χ3v) is 4.73. The number of rotatable bonds is 7. The van der Waals surface area contributed by atoms with E-state index in [-0.39, 0.29) is 18.9 Å². The van der Waals surface area contributed by atoms with Crippen molar-refractivity contribution in [1.29, 1.82) is 0 Å². The molecule has 0 radical (unpaired) electrons. The number of benzene rings is 1. The largest absolute Gasteiger partial charge is 0.550 e. The van der Waals surface area contributed by atoms with Crippen molar-refractivity contribution in [3.8, 4) is 11.5 Å². The maximum atomic E-state index is 12.5. The minimum absolute atomic E-state index is 0.111. The number of methoxy groups -OCH3 is 2. The smallest absolute Gasteiger partial charge is 0.266 e. The fraction of sp³-hybridized carbons (Fsp3) is 0.312. The lowest BCUT2D eigenvalue weighted by Crippen LogP contribution is -2.30. The molecule has 0 spiro atoms. The summed E-state index contributed by atoms with van der Waals surface area (Å²) < 4.78 is 11.0. The van der Waals surface area contributed by atoms with Crippen LogP contribution in [0.25, 0.3) is 6.08 Å². The molecule has 1 heterocycles. The Balaban J connectivity index is 2.21. The second-order valence-corrected chi connectivity index (χ2v) is 6.57. The van der Waals surface area contributed by atoms with Gasteiger partial charge in [-0.2, -0.15) is 0 Å². The molecule has 1 saturated heterocycles. The van der Waals surface area contributed by atoms with Crippen LogP contribution in [0.5, 0.6) is 11.5 Å². The Labute approximate surface area is 149 Å². The van der Waals surface area contributed by atoms with Crippen molar-refractivity contribution in [1.82, 2.24) is 4.90 Å². The Kier molecular flexibility index (Phi) is 6.22. The van der Waals surface area contributed by atoms with Gasteiger partial charge in [0.05, 0.1) is 19.1 Å². The number of nitrogens with zero attached hydrogens (tertiary/aromatic N) is 1. The van der Waals surface area contributed by atoms with Gasteiger partial charge in [-0.3, -0.25) is 9.69 Å². The zero-order chi connectivity index (χ0) is 17.7. The molecule has 1 fully saturated rings. The predicted octanol–water partition coefficient (Wildman–Crippen LogP) is 1.44. The lowest BCUT2D eigenvalue weighted by atomic mass is 10.1. The van der Waals surface area contributed by atoms with Crippen LogP contribution < -0.4 is 14.6 Å². The number of ether oxygens (including phenoxy) is 2. The highest BCUT2D eigenvalue weighted by Crippen LogP contribution is 2.37. The van der Waals surface area contributed by atoms with E-state index in [1.54, 1.807) is 25.3 Å². The van der Waals surface area contributed by atoms with E-state index >= 15 is 0 Å². The van der Waals surface area contributed by atoms with Crippen molar-refractivity contribution in [2.24, 2.45) is 0 Å². The van der Waals surface area contributed by atoms with Gasteiger partial charge in [0.15, 0.2) is 11.5 Å². The summed E-state index contributed by atoms with van der Waals surface area (Å²) in [7, 11) is 3.07. The van der Waals surface area contributed by atoms with Crippen LogP contribution >= 0.6 is 24.0 Å². The zero-order valence-corrected chi connectivity index (χ0v) is 14.9. The Morgan fingerprint density at radius 3 is 2.75 bits per heavy atom. The molecule has 0 saturated carbocycles. The van der Waals surface area contributed by atoms with Crippen LogP contribution in [0, 0.1) is 0 Å². The van der Waals surface area contributed by atoms with E-state index in [2.05, 4.69) is 0 Å². The molecule has 1 aliphatic rings. The van der Waals surface area contributed by atoms with Gasteiger partial charge in [-0.25, -0.2) is 0 Å². The number of carboxylic acids is 1. The van der Waals surface area contributed by atoms with Crippen LogP contribution in [0.3, 0.4) is 0 Å². The minimum Gasteiger partial charge on any atom is -0.550 e. The summed E-state index contributed by atoms with van der Waals surface area (Å²) in [5.41, 5.74) is 0.701. The summed E-state index contributed by atoms with van der Waals surface area (Å²) in [6.45, 7) is 0.255. The van der Waals surface area contributed by atoms with E-state index in [0.29, 0.717) is 32.7 Å². The summed E-state index contributed by atoms with van der Waals surface area (Å²) in [5, 5.41) is 10.5. The molecule has 1 amide bonds. The van der Waals surface area contributed by atoms with Crippen LogP contribution in [-0.4, -0.2) is 41.9 Å². The molecule has 128 valence electrons. The van der Waals surface area contributed by atoms with Crippen molar-refractivity contribution in [2.75, 3.05) is 20.8 Å². The standard InChI is InChI=1S/C16H17NO5S2/c1-21-11-6-3-5-10(14(11)22-2)9-12-15(20)17(16(23)24-12)8-4-7-13(18)19/h3,5-6,9H,4,7-8H2,1-2H3,(H,18,19)/p-1/b12-9-. The number of thioether (sulfide) groups is 1. The molecule has 1 aromatic rings. The number of hydrogen-bond acceptors (Lipinski definition) is 7. The van der Waals surface area contributed by atoms with Gasteiger partial charge in [-0.1, -0.05) is 36.1 Å². The fourth-order valence-corrected chi connectivity index (χ4v) is 3.54. The Hall–Kier alpha value is -2.06. The first-order valence-corrected chi connectivity index (χ1v) is 8.36. The molecule has 2 rings (SSSR count). The monoisotopic (exact) mass is 366 g/mol. The molecule has 0 aromatic heterocycles. The van der Waals surface area contributed by atoms with E-state index in [4.69, 9.17) is 21.7 Å². The quantitative estimate of drug-likeness (QED) is 0.534. The summed E-state index contributed by atoms with van der Waals surface area (Å²) in [4.78, 5) is 24.8. The molecule has 6 nitrogen and oxygen atoms in total. The lowest BCUT2D eigenvalue weighted by Gasteiger charge is -2.14. The minimum atomic E-state index is -1.14. The van der Waals surface area contributed by atoms with Gasteiger partial charge in [-0.15, -0.1) is 0 Å². The number of hydrogen-bond donors (Lipinski definition) is 0. The Bertz CT molecular complexity index is 702. The van der Waals surface area contributed by atoms with Gasteiger partial charge in [0.25, 0.3) is 5.91 Å². The van der Waals surface area contributed by atoms with Gasteiger partial charge in [0.1, 0.15) is 4.32 Å². The SMILES string of the molecule is COc1cccc(/C=C2\SC(=S)N(CCCC(=O)[O-])C2=O)c1OC. The average molecular weight is 366 g/mol. The third kappa shape index (κ3) is 4.07. The normalized spacial score (nSPS) is 15.9. The summed E-state index contributed by atoms with van der Waals surface area (Å²) in [6.07, 6.45) is 1.88. The van der Waals surface area contributed by atoms with Crippen LogP contribution in [0.2, 0.25) is 0 Å². The van der Waals surface area contributed by atoms with Gasteiger partial charge in [0.2, 0.25) is 0 Å². The number of carbonyl (C=O) groups is 2. The zero-order valence-electron chi connectivity index (χ0n) is 13.2. The van der Waals surface area contributed by atoms with Gasteiger partial charge >= 0.3 is 0 Å². The maximum Gasteiger partial charge on any atom is 0.266 e. The van der Waals surface area contributed by atoms with E-state index in [9.17, 15) is 14.7 Å². The van der Waals surface area contributed by atoms with Crippen LogP contribution in [0.4, 0.5) is 0 Å². The van der Waals surface area contributed by atoms with Crippen molar-refractivity contribution < 1.29 is 24.2 Å². The van der Waals surface area contributed by atoms with Gasteiger partial charge in [-0.05, 0) is 25.0 Å². The second kappa shape index (κ2) is 8.16. The first-order chi connectivity index (χ1) is 11.5. The van der Waals surface area contributed by atoms with Crippen molar-refractivity contribution in [3.05, 3.63) is 28.7 Å². The molecule has 0 bridgehead atoms. The molecule has 8 heteroatoms. The van der Waals surface area contributed by atoms with Crippen molar-refractivity contribution in [3.63, 3.8) is 0 Å². The highest BCUT2D eigenvalue weighted by Gasteiger charge is 2.31. The van der Waals surface area contributed by atoms with Crippen LogP contribution in [0.15, 0.2) is 23.1 Å². The third-order valence-electron chi connectivity index (χ3n) is 3.36. The number of amides is 1. The number of carbonyl (C=O) groups excluding carboxylic acids is 2. The highest BCUT2D eigenvalue weighted by atomic mass is 32.2. The topological polar surface area (TPSA) is 78.9 Å². The van der Waals surface area contributed by atoms with E-state index < -0.39 is 5.97 Å². The van der Waals surface area contributed by atoms with Crippen molar-refractivity contribution in [2.45, 2.75) is 12.8 Å². The van der Waals surface area contributed by atoms with Gasteiger partial charge < -0.3 is 19.4 Å². The summed E-state index contributed by atoms with van der Waals surface area (Å²) in [6, 6.07) is 5.37. The first-order valence-electron chi connectivity index (χ1n) is 7.14. The first kappa shape index (κ1) is 18.3. The van der Waals surface area contributed by atoms with Crippen LogP contribution in [0.1, 0.15) is 18.4 Å². The average Bonchev–Trinajstić information content (AvgIpc) is 2.81. The van der Waals surface area contributed by atoms with E-state index in [1.807, 2.05) is 6.07 Å². The number of carboxylic acid groups (broad SMARTS) is 1. The van der Waals surface area contributed by atoms with Crippen molar-refractivity contribution >= 4 is 46.3 Å². The number of thiocarbonyl (C=S) groups is 1. The van der Waals surface area contributed by atoms with E-state index in [0.717, 1.165) is 0 Å². The highest BCUT2D eigenvalue weighted by molar-refractivity contribution is 8.26. The molecular weight excluding hydrogens is 350 g/mol. The summed E-state index contributed by atoms with van der Waals surface area (Å²) >= 11 is 6.39. The Morgan fingerprint density at radius 2 is 2.12 bits per heavy atom. The molecule has 24 heavy (non-hydrogen) atoms. The predicted molar refractivity (Wildman–Crippen MR) is 93.7 cm³/mol. The number of aliphatic carboxylic acids is 1. The number of para-hydroxylation sites is 1. The van der Waals surface area contributed by atoms with E-state index in [1.165, 1.54) is 23.8 Å². The molecular formula is C16H16NO5S2-.